The smallest absolute Gasteiger partial charge is 0.256 e. The number of hydrogen-bond acceptors (Lipinski definition) is 5. The van der Waals surface area contributed by atoms with Gasteiger partial charge in [0.2, 0.25) is 0 Å². The van der Waals surface area contributed by atoms with E-state index < -0.39 is 0 Å². The lowest BCUT2D eigenvalue weighted by Gasteiger charge is -2.43. The van der Waals surface area contributed by atoms with Crippen LogP contribution in [0.3, 0.4) is 0 Å². The maximum atomic E-state index is 6.87. The number of aromatic nitrogens is 1. The summed E-state index contributed by atoms with van der Waals surface area (Å²) in [4.78, 5) is 11.8. The third-order valence-corrected chi connectivity index (χ3v) is 10.3. The minimum atomic E-state index is 0.0400. The van der Waals surface area contributed by atoms with Crippen molar-refractivity contribution < 1.29 is 4.74 Å². The van der Waals surface area contributed by atoms with Crippen molar-refractivity contribution in [1.82, 2.24) is 4.98 Å². The maximum Gasteiger partial charge on any atom is 0.256 e. The molecule has 3 aliphatic rings. The van der Waals surface area contributed by atoms with Gasteiger partial charge in [-0.3, -0.25) is 4.98 Å². The minimum absolute atomic E-state index is 0.0400. The summed E-state index contributed by atoms with van der Waals surface area (Å²) >= 11 is 1.84. The van der Waals surface area contributed by atoms with Gasteiger partial charge in [-0.05, 0) is 64.2 Å². The van der Waals surface area contributed by atoms with Gasteiger partial charge in [-0.15, -0.1) is 0 Å². The number of fused-ring (bicyclic) bond motifs is 8. The molecule has 0 amide bonds. The SMILES string of the molecule is c1cncc(N2c3ccccc3B3c4ccccc4Oc4cc5c(c2c43)Sc2ccccc2N5c2cccc3ccccc23)c1. The van der Waals surface area contributed by atoms with Gasteiger partial charge in [0.25, 0.3) is 6.71 Å². The van der Waals surface area contributed by atoms with Gasteiger partial charge in [0.15, 0.2) is 0 Å². The Labute approximate surface area is 265 Å². The zero-order chi connectivity index (χ0) is 29.5. The van der Waals surface area contributed by atoms with Crippen molar-refractivity contribution >= 4 is 79.8 Å². The molecule has 0 fully saturated rings. The molecule has 4 heterocycles. The number of nitrogens with zero attached hydrogens (tertiary/aromatic N) is 3. The molecular formula is C39H24BN3OS. The van der Waals surface area contributed by atoms with E-state index in [0.717, 1.165) is 45.6 Å². The number of para-hydroxylation sites is 3. The second kappa shape index (κ2) is 9.52. The summed E-state index contributed by atoms with van der Waals surface area (Å²) in [5.41, 5.74) is 10.4. The molecule has 3 aliphatic heterocycles. The number of pyridine rings is 1. The van der Waals surface area contributed by atoms with Gasteiger partial charge in [-0.2, -0.15) is 0 Å². The van der Waals surface area contributed by atoms with E-state index in [0.29, 0.717) is 0 Å². The van der Waals surface area contributed by atoms with Gasteiger partial charge in [0.05, 0.1) is 39.5 Å². The summed E-state index contributed by atoms with van der Waals surface area (Å²) in [6.07, 6.45) is 3.80. The van der Waals surface area contributed by atoms with Crippen molar-refractivity contribution in [2.75, 3.05) is 9.80 Å². The first-order valence-electron chi connectivity index (χ1n) is 15.2. The Hall–Kier alpha value is -5.46. The first kappa shape index (κ1) is 24.9. The average molecular weight is 594 g/mol. The molecule has 0 radical (unpaired) electrons. The second-order valence-corrected chi connectivity index (χ2v) is 12.6. The highest BCUT2D eigenvalue weighted by Crippen LogP contribution is 2.58. The van der Waals surface area contributed by atoms with E-state index in [2.05, 4.69) is 142 Å². The molecule has 0 atom stereocenters. The van der Waals surface area contributed by atoms with Crippen molar-refractivity contribution in [3.05, 3.63) is 146 Å². The molecule has 45 heavy (non-hydrogen) atoms. The Kier molecular flexibility index (Phi) is 5.27. The quantitative estimate of drug-likeness (QED) is 0.187. The van der Waals surface area contributed by atoms with Crippen LogP contribution in [-0.2, 0) is 0 Å². The van der Waals surface area contributed by atoms with Crippen molar-refractivity contribution in [2.45, 2.75) is 9.79 Å². The predicted molar refractivity (Wildman–Crippen MR) is 186 cm³/mol. The molecule has 4 nitrogen and oxygen atoms in total. The lowest BCUT2D eigenvalue weighted by molar-refractivity contribution is 0.487. The Balaban J connectivity index is 1.34. The second-order valence-electron chi connectivity index (χ2n) is 11.6. The van der Waals surface area contributed by atoms with Crippen LogP contribution in [0.25, 0.3) is 10.8 Å². The summed E-state index contributed by atoms with van der Waals surface area (Å²) in [5.74, 6) is 1.80. The van der Waals surface area contributed by atoms with Gasteiger partial charge in [-0.25, -0.2) is 0 Å². The van der Waals surface area contributed by atoms with Crippen LogP contribution in [-0.4, -0.2) is 11.7 Å². The standard InChI is InChI=1S/C39H24BN3OS/c1-2-14-27-25(11-1)12-9-19-30(27)43-32-18-6-8-21-36(32)45-39-33(43)23-35-37-38(39)42(26-13-10-22-41-24-26)31-17-5-3-15-28(31)40(37)29-16-4-7-20-34(29)44-35/h1-24H. The fourth-order valence-electron chi connectivity index (χ4n) is 7.33. The Morgan fingerprint density at radius 1 is 0.600 bits per heavy atom. The molecule has 210 valence electrons. The molecule has 0 saturated carbocycles. The molecule has 0 unspecified atom stereocenters. The molecule has 0 N–H and O–H groups in total. The lowest BCUT2D eigenvalue weighted by atomic mass is 9.34. The van der Waals surface area contributed by atoms with Gasteiger partial charge < -0.3 is 14.5 Å². The minimum Gasteiger partial charge on any atom is -0.458 e. The molecule has 1 aromatic heterocycles. The van der Waals surface area contributed by atoms with E-state index in [9.17, 15) is 0 Å². The highest BCUT2D eigenvalue weighted by molar-refractivity contribution is 8.00. The number of rotatable bonds is 2. The summed E-state index contributed by atoms with van der Waals surface area (Å²) in [6.45, 7) is 0.0400. The van der Waals surface area contributed by atoms with E-state index in [-0.39, 0.29) is 6.71 Å². The highest BCUT2D eigenvalue weighted by atomic mass is 32.2. The molecule has 6 aromatic carbocycles. The van der Waals surface area contributed by atoms with Crippen LogP contribution in [0.15, 0.2) is 156 Å². The van der Waals surface area contributed by atoms with Gasteiger partial charge in [0.1, 0.15) is 11.5 Å². The first-order chi connectivity index (χ1) is 22.3. The molecule has 7 aromatic rings. The van der Waals surface area contributed by atoms with Crippen LogP contribution >= 0.6 is 11.8 Å². The summed E-state index contributed by atoms with van der Waals surface area (Å²) in [5, 5.41) is 2.42. The van der Waals surface area contributed by atoms with E-state index >= 15 is 0 Å². The number of anilines is 6. The van der Waals surface area contributed by atoms with Crippen LogP contribution in [0.5, 0.6) is 11.5 Å². The zero-order valence-corrected chi connectivity index (χ0v) is 24.9. The largest absolute Gasteiger partial charge is 0.458 e. The number of ether oxygens (including phenoxy) is 1. The topological polar surface area (TPSA) is 28.6 Å². The van der Waals surface area contributed by atoms with Crippen LogP contribution < -0.4 is 30.9 Å². The molecule has 6 heteroatoms. The zero-order valence-electron chi connectivity index (χ0n) is 24.1. The van der Waals surface area contributed by atoms with Crippen molar-refractivity contribution in [2.24, 2.45) is 0 Å². The van der Waals surface area contributed by atoms with Crippen molar-refractivity contribution in [1.29, 1.82) is 0 Å². The molecular weight excluding hydrogens is 569 g/mol. The van der Waals surface area contributed by atoms with Crippen LogP contribution in [0.4, 0.5) is 34.1 Å². The Morgan fingerprint density at radius 3 is 2.27 bits per heavy atom. The third kappa shape index (κ3) is 3.54. The Bertz CT molecular complexity index is 2320. The van der Waals surface area contributed by atoms with E-state index in [1.807, 2.05) is 30.2 Å². The normalized spacial score (nSPS) is 13.7. The molecule has 0 spiro atoms. The van der Waals surface area contributed by atoms with Crippen LogP contribution in [0, 0.1) is 0 Å². The van der Waals surface area contributed by atoms with Crippen LogP contribution in [0.2, 0.25) is 0 Å². The van der Waals surface area contributed by atoms with Crippen LogP contribution in [0.1, 0.15) is 0 Å². The maximum absolute atomic E-state index is 6.87. The average Bonchev–Trinajstić information content (AvgIpc) is 3.10. The lowest BCUT2D eigenvalue weighted by Crippen LogP contribution is -2.59. The molecule has 0 bridgehead atoms. The number of hydrogen-bond donors (Lipinski definition) is 0. The highest BCUT2D eigenvalue weighted by Gasteiger charge is 2.45. The van der Waals surface area contributed by atoms with E-state index in [1.165, 1.54) is 37.0 Å². The summed E-state index contributed by atoms with van der Waals surface area (Å²) < 4.78 is 6.87. The van der Waals surface area contributed by atoms with Gasteiger partial charge in [-0.1, -0.05) is 96.7 Å². The number of benzene rings is 6. The molecule has 0 saturated heterocycles. The summed E-state index contributed by atoms with van der Waals surface area (Å²) in [7, 11) is 0. The predicted octanol–water partition coefficient (Wildman–Crippen LogP) is 8.57. The Morgan fingerprint density at radius 2 is 1.36 bits per heavy atom. The van der Waals surface area contributed by atoms with Gasteiger partial charge in [0, 0.05) is 28.2 Å². The first-order valence-corrected chi connectivity index (χ1v) is 16.0. The van der Waals surface area contributed by atoms with E-state index in [4.69, 9.17) is 4.74 Å². The molecule has 0 aliphatic carbocycles. The summed E-state index contributed by atoms with van der Waals surface area (Å²) in [6, 6.07) is 47.7. The fourth-order valence-corrected chi connectivity index (χ4v) is 8.51. The van der Waals surface area contributed by atoms with Gasteiger partial charge >= 0.3 is 0 Å². The monoisotopic (exact) mass is 593 g/mol. The van der Waals surface area contributed by atoms with Crippen molar-refractivity contribution in [3.8, 4) is 11.5 Å². The molecule has 10 rings (SSSR count). The van der Waals surface area contributed by atoms with Crippen molar-refractivity contribution in [3.63, 3.8) is 0 Å². The van der Waals surface area contributed by atoms with E-state index in [1.54, 1.807) is 0 Å². The fraction of sp³-hybridized carbons (Fsp3) is 0. The third-order valence-electron chi connectivity index (χ3n) is 9.16.